The van der Waals surface area contributed by atoms with E-state index in [1.54, 1.807) is 4.90 Å². The Morgan fingerprint density at radius 2 is 1.71 bits per heavy atom. The van der Waals surface area contributed by atoms with E-state index in [-0.39, 0.29) is 5.91 Å². The number of nitrogens with zero attached hydrogens (tertiary/aromatic N) is 1. The molecule has 1 aromatic carbocycles. The van der Waals surface area contributed by atoms with Gasteiger partial charge in [-0.2, -0.15) is 0 Å². The summed E-state index contributed by atoms with van der Waals surface area (Å²) < 4.78 is 0. The molecule has 0 N–H and O–H groups in total. The number of benzene rings is 1. The molecule has 0 atom stereocenters. The zero-order valence-electron chi connectivity index (χ0n) is 8.66. The van der Waals surface area contributed by atoms with Crippen LogP contribution in [-0.4, -0.2) is 17.9 Å². The molecule has 0 unspecified atom stereocenters. The molecule has 0 aliphatic carbocycles. The molecule has 0 bridgehead atoms. The summed E-state index contributed by atoms with van der Waals surface area (Å²) in [7, 11) is 1.82. The van der Waals surface area contributed by atoms with Crippen LogP contribution in [0.3, 0.4) is 0 Å². The summed E-state index contributed by atoms with van der Waals surface area (Å²) in [5.74, 6) is 0.0943. The fourth-order valence-electron chi connectivity index (χ4n) is 1.94. The first-order valence-corrected chi connectivity index (χ1v) is 4.68. The van der Waals surface area contributed by atoms with E-state index in [0.717, 1.165) is 16.8 Å². The largest absolute Gasteiger partial charge is 0.311 e. The first kappa shape index (κ1) is 9.00. The fraction of sp³-hybridized carbons (Fsp3) is 0.250. The maximum Gasteiger partial charge on any atom is 0.258 e. The molecule has 2 nitrogen and oxygen atoms in total. The highest BCUT2D eigenvalue weighted by atomic mass is 16.2. The van der Waals surface area contributed by atoms with Crippen molar-refractivity contribution in [3.05, 3.63) is 41.0 Å². The highest BCUT2D eigenvalue weighted by Crippen LogP contribution is 2.32. The Morgan fingerprint density at radius 1 is 1.14 bits per heavy atom. The first-order chi connectivity index (χ1) is 6.63. The third-order valence-corrected chi connectivity index (χ3v) is 2.53. The van der Waals surface area contributed by atoms with Gasteiger partial charge in [0.1, 0.15) is 0 Å². The van der Waals surface area contributed by atoms with E-state index in [4.69, 9.17) is 0 Å². The lowest BCUT2D eigenvalue weighted by Gasteiger charge is -2.12. The lowest BCUT2D eigenvalue weighted by Crippen LogP contribution is -2.17. The third-order valence-electron chi connectivity index (χ3n) is 2.53. The van der Waals surface area contributed by atoms with Crippen molar-refractivity contribution in [2.75, 3.05) is 7.05 Å². The number of hydrogen-bond acceptors (Lipinski definition) is 1. The minimum atomic E-state index is 0.0943. The molecule has 1 aliphatic heterocycles. The molecule has 2 rings (SSSR count). The highest BCUT2D eigenvalue weighted by molar-refractivity contribution is 6.09. The second kappa shape index (κ2) is 2.98. The van der Waals surface area contributed by atoms with Crippen molar-refractivity contribution >= 4 is 11.6 Å². The van der Waals surface area contributed by atoms with E-state index < -0.39 is 0 Å². The van der Waals surface area contributed by atoms with Crippen LogP contribution in [0.2, 0.25) is 0 Å². The van der Waals surface area contributed by atoms with Crippen LogP contribution in [-0.2, 0) is 0 Å². The Morgan fingerprint density at radius 3 is 2.29 bits per heavy atom. The molecule has 0 fully saturated rings. The molecule has 1 aliphatic rings. The standard InChI is InChI=1S/C12H13NO/c1-8(2)11-9-6-4-5-7-10(9)12(14)13(11)3/h4-7H,1-3H3. The first-order valence-electron chi connectivity index (χ1n) is 4.68. The number of fused-ring (bicyclic) bond motifs is 1. The lowest BCUT2D eigenvalue weighted by atomic mass is 10.1. The van der Waals surface area contributed by atoms with Crippen LogP contribution in [0, 0.1) is 0 Å². The fourth-order valence-corrected chi connectivity index (χ4v) is 1.94. The van der Waals surface area contributed by atoms with Gasteiger partial charge in [0.15, 0.2) is 0 Å². The monoisotopic (exact) mass is 187 g/mol. The van der Waals surface area contributed by atoms with Gasteiger partial charge in [-0.25, -0.2) is 0 Å². The SMILES string of the molecule is CC(C)=C1c2ccccc2C(=O)N1C. The third kappa shape index (κ3) is 1.07. The summed E-state index contributed by atoms with van der Waals surface area (Å²) in [5.41, 5.74) is 4.09. The summed E-state index contributed by atoms with van der Waals surface area (Å²) >= 11 is 0. The summed E-state index contributed by atoms with van der Waals surface area (Å²) in [4.78, 5) is 13.5. The Balaban J connectivity index is 2.72. The van der Waals surface area contributed by atoms with Crippen molar-refractivity contribution in [1.29, 1.82) is 0 Å². The number of hydrogen-bond donors (Lipinski definition) is 0. The smallest absolute Gasteiger partial charge is 0.258 e. The van der Waals surface area contributed by atoms with Gasteiger partial charge >= 0.3 is 0 Å². The topological polar surface area (TPSA) is 20.3 Å². The van der Waals surface area contributed by atoms with Crippen molar-refractivity contribution in [1.82, 2.24) is 4.90 Å². The van der Waals surface area contributed by atoms with Crippen molar-refractivity contribution < 1.29 is 4.79 Å². The predicted octanol–water partition coefficient (Wildman–Crippen LogP) is 2.52. The Bertz CT molecular complexity index is 428. The predicted molar refractivity (Wildman–Crippen MR) is 56.8 cm³/mol. The van der Waals surface area contributed by atoms with Crippen LogP contribution in [0.15, 0.2) is 29.8 Å². The van der Waals surface area contributed by atoms with E-state index in [0.29, 0.717) is 0 Å². The van der Waals surface area contributed by atoms with Crippen molar-refractivity contribution in [3.63, 3.8) is 0 Å². The van der Waals surface area contributed by atoms with Gasteiger partial charge in [0.25, 0.3) is 5.91 Å². The zero-order chi connectivity index (χ0) is 10.3. The Kier molecular flexibility index (Phi) is 1.92. The molecule has 0 spiro atoms. The van der Waals surface area contributed by atoms with Gasteiger partial charge in [-0.05, 0) is 19.9 Å². The van der Waals surface area contributed by atoms with E-state index in [1.807, 2.05) is 45.2 Å². The van der Waals surface area contributed by atoms with Gasteiger partial charge in [-0.1, -0.05) is 23.8 Å². The van der Waals surface area contributed by atoms with Crippen LogP contribution in [0.1, 0.15) is 29.8 Å². The van der Waals surface area contributed by atoms with Gasteiger partial charge in [-0.3, -0.25) is 4.79 Å². The van der Waals surface area contributed by atoms with Crippen LogP contribution < -0.4 is 0 Å². The molecular weight excluding hydrogens is 174 g/mol. The molecule has 0 aromatic heterocycles. The second-order valence-corrected chi connectivity index (χ2v) is 3.76. The maximum absolute atomic E-state index is 11.8. The average Bonchev–Trinajstić information content (AvgIpc) is 2.41. The molecule has 1 amide bonds. The summed E-state index contributed by atoms with van der Waals surface area (Å²) in [5, 5.41) is 0. The molecular formula is C12H13NO. The number of carbonyl (C=O) groups is 1. The summed E-state index contributed by atoms with van der Waals surface area (Å²) in [6.07, 6.45) is 0. The Labute approximate surface area is 83.8 Å². The lowest BCUT2D eigenvalue weighted by molar-refractivity contribution is 0.0874. The summed E-state index contributed by atoms with van der Waals surface area (Å²) in [6, 6.07) is 7.75. The van der Waals surface area contributed by atoms with Gasteiger partial charge in [-0.15, -0.1) is 0 Å². The number of amides is 1. The van der Waals surface area contributed by atoms with E-state index in [1.165, 1.54) is 5.57 Å². The molecule has 1 aromatic rings. The minimum Gasteiger partial charge on any atom is -0.311 e. The van der Waals surface area contributed by atoms with Crippen molar-refractivity contribution in [2.24, 2.45) is 0 Å². The van der Waals surface area contributed by atoms with Gasteiger partial charge in [0, 0.05) is 18.2 Å². The second-order valence-electron chi connectivity index (χ2n) is 3.76. The minimum absolute atomic E-state index is 0.0943. The molecule has 72 valence electrons. The molecule has 2 heteroatoms. The molecule has 0 radical (unpaired) electrons. The van der Waals surface area contributed by atoms with E-state index in [9.17, 15) is 4.79 Å². The van der Waals surface area contributed by atoms with Crippen LogP contribution >= 0.6 is 0 Å². The van der Waals surface area contributed by atoms with Crippen LogP contribution in [0.25, 0.3) is 5.70 Å². The average molecular weight is 187 g/mol. The number of allylic oxidation sites excluding steroid dienone is 1. The van der Waals surface area contributed by atoms with Crippen LogP contribution in [0.4, 0.5) is 0 Å². The maximum atomic E-state index is 11.8. The molecule has 14 heavy (non-hydrogen) atoms. The van der Waals surface area contributed by atoms with Gasteiger partial charge in [0.05, 0.1) is 5.70 Å². The van der Waals surface area contributed by atoms with E-state index in [2.05, 4.69) is 0 Å². The molecule has 1 heterocycles. The highest BCUT2D eigenvalue weighted by Gasteiger charge is 2.29. The number of rotatable bonds is 0. The van der Waals surface area contributed by atoms with Crippen molar-refractivity contribution in [3.8, 4) is 0 Å². The van der Waals surface area contributed by atoms with Gasteiger partial charge in [0.2, 0.25) is 0 Å². The Hall–Kier alpha value is -1.57. The van der Waals surface area contributed by atoms with Crippen molar-refractivity contribution in [2.45, 2.75) is 13.8 Å². The number of carbonyl (C=O) groups excluding carboxylic acids is 1. The molecule has 0 saturated heterocycles. The zero-order valence-corrected chi connectivity index (χ0v) is 8.66. The summed E-state index contributed by atoms with van der Waals surface area (Å²) in [6.45, 7) is 4.06. The van der Waals surface area contributed by atoms with Crippen LogP contribution in [0.5, 0.6) is 0 Å². The quantitative estimate of drug-likeness (QED) is 0.611. The molecule has 0 saturated carbocycles. The van der Waals surface area contributed by atoms with Gasteiger partial charge < -0.3 is 4.90 Å². The normalized spacial score (nSPS) is 14.6. The van der Waals surface area contributed by atoms with E-state index >= 15 is 0 Å².